The fraction of sp³-hybridized carbons (Fsp3) is 0.933. The molecule has 2 heterocycles. The summed E-state index contributed by atoms with van der Waals surface area (Å²) in [5.74, 6) is 0.421. The molecule has 2 bridgehead atoms. The van der Waals surface area contributed by atoms with Crippen molar-refractivity contribution in [3.8, 4) is 0 Å². The van der Waals surface area contributed by atoms with Crippen LogP contribution in [0.15, 0.2) is 0 Å². The fourth-order valence-corrected chi connectivity index (χ4v) is 3.55. The summed E-state index contributed by atoms with van der Waals surface area (Å²) in [6.45, 7) is 6.45. The lowest BCUT2D eigenvalue weighted by molar-refractivity contribution is -0.0123. The van der Waals surface area contributed by atoms with Gasteiger partial charge in [-0.3, -0.25) is 4.90 Å². The van der Waals surface area contributed by atoms with Gasteiger partial charge < -0.3 is 15.2 Å². The van der Waals surface area contributed by atoms with Crippen molar-refractivity contribution in [3.05, 3.63) is 0 Å². The molecule has 3 fully saturated rings. The Labute approximate surface area is 120 Å². The lowest BCUT2D eigenvalue weighted by atomic mass is 9.96. The summed E-state index contributed by atoms with van der Waals surface area (Å²) in [4.78, 5) is 14.3. The van der Waals surface area contributed by atoms with Crippen LogP contribution in [-0.2, 0) is 4.74 Å². The van der Waals surface area contributed by atoms with Crippen LogP contribution >= 0.6 is 0 Å². The van der Waals surface area contributed by atoms with Gasteiger partial charge in [-0.1, -0.05) is 0 Å². The van der Waals surface area contributed by atoms with Crippen molar-refractivity contribution in [3.63, 3.8) is 0 Å². The summed E-state index contributed by atoms with van der Waals surface area (Å²) < 4.78 is 5.54. The Morgan fingerprint density at radius 3 is 2.60 bits per heavy atom. The minimum Gasteiger partial charge on any atom is -0.444 e. The van der Waals surface area contributed by atoms with Gasteiger partial charge in [0.05, 0.1) is 18.2 Å². The molecule has 0 aromatic rings. The van der Waals surface area contributed by atoms with Crippen molar-refractivity contribution < 1.29 is 14.6 Å². The number of nitrogens with zero attached hydrogens (tertiary/aromatic N) is 1. The number of carbonyl (C=O) groups excluding carboxylic acids is 1. The van der Waals surface area contributed by atoms with Crippen molar-refractivity contribution in [1.29, 1.82) is 0 Å². The zero-order valence-corrected chi connectivity index (χ0v) is 12.6. The van der Waals surface area contributed by atoms with E-state index in [1.54, 1.807) is 0 Å². The second-order valence-corrected chi connectivity index (χ2v) is 7.45. The Bertz CT molecular complexity index is 389. The van der Waals surface area contributed by atoms with Crippen LogP contribution < -0.4 is 5.32 Å². The van der Waals surface area contributed by atoms with Crippen molar-refractivity contribution in [1.82, 2.24) is 10.2 Å². The average Bonchev–Trinajstić information content (AvgIpc) is 3.12. The number of aliphatic hydroxyl groups is 1. The highest BCUT2D eigenvalue weighted by Crippen LogP contribution is 2.39. The molecule has 1 aliphatic carbocycles. The molecule has 2 aliphatic heterocycles. The third-order valence-corrected chi connectivity index (χ3v) is 4.63. The highest BCUT2D eigenvalue weighted by Gasteiger charge is 2.50. The van der Waals surface area contributed by atoms with E-state index in [2.05, 4.69) is 5.32 Å². The molecular formula is C15H26N2O3. The second-order valence-electron chi connectivity index (χ2n) is 7.45. The molecule has 2 N–H and O–H groups in total. The molecule has 114 valence electrons. The first-order valence-electron chi connectivity index (χ1n) is 7.79. The first kappa shape index (κ1) is 14.1. The number of nitrogens with one attached hydrogen (secondary N) is 1. The van der Waals surface area contributed by atoms with Crippen LogP contribution in [0.4, 0.5) is 4.79 Å². The summed E-state index contributed by atoms with van der Waals surface area (Å²) >= 11 is 0. The molecule has 0 spiro atoms. The van der Waals surface area contributed by atoms with E-state index in [4.69, 9.17) is 4.74 Å². The number of hydrogen-bond acceptors (Lipinski definition) is 4. The first-order valence-corrected chi connectivity index (χ1v) is 7.79. The normalized spacial score (nSPS) is 35.0. The zero-order valence-electron chi connectivity index (χ0n) is 12.6. The molecule has 0 aromatic carbocycles. The lowest BCUT2D eigenvalue weighted by Crippen LogP contribution is -2.64. The Kier molecular flexibility index (Phi) is 3.45. The van der Waals surface area contributed by atoms with Gasteiger partial charge in [-0.15, -0.1) is 0 Å². The topological polar surface area (TPSA) is 61.8 Å². The Hall–Kier alpha value is -0.810. The van der Waals surface area contributed by atoms with Gasteiger partial charge >= 0.3 is 6.09 Å². The quantitative estimate of drug-likeness (QED) is 0.805. The number of amides is 1. The number of rotatable bonds is 2. The number of ether oxygens (including phenoxy) is 1. The molecule has 0 radical (unpaired) electrons. The Morgan fingerprint density at radius 2 is 2.00 bits per heavy atom. The van der Waals surface area contributed by atoms with E-state index in [-0.39, 0.29) is 30.3 Å². The van der Waals surface area contributed by atoms with Gasteiger partial charge in [-0.2, -0.15) is 0 Å². The summed E-state index contributed by atoms with van der Waals surface area (Å²) in [5, 5.41) is 13.9. The van der Waals surface area contributed by atoms with Crippen LogP contribution in [0.25, 0.3) is 0 Å². The van der Waals surface area contributed by atoms with Crippen molar-refractivity contribution in [2.24, 2.45) is 5.92 Å². The smallest absolute Gasteiger partial charge is 0.410 e. The monoisotopic (exact) mass is 282 g/mol. The molecule has 1 amide bonds. The van der Waals surface area contributed by atoms with E-state index in [1.165, 1.54) is 0 Å². The number of fused-ring (bicyclic) bond motifs is 2. The molecule has 5 heteroatoms. The fourth-order valence-electron chi connectivity index (χ4n) is 3.55. The molecule has 20 heavy (non-hydrogen) atoms. The average molecular weight is 282 g/mol. The third kappa shape index (κ3) is 2.66. The van der Waals surface area contributed by atoms with Gasteiger partial charge in [0.1, 0.15) is 5.60 Å². The highest BCUT2D eigenvalue weighted by molar-refractivity contribution is 5.70. The van der Waals surface area contributed by atoms with E-state index >= 15 is 0 Å². The number of carbonyl (C=O) groups is 1. The molecule has 5 nitrogen and oxygen atoms in total. The molecule has 3 aliphatic rings. The molecule has 3 rings (SSSR count). The van der Waals surface area contributed by atoms with Crippen molar-refractivity contribution >= 4 is 6.09 Å². The lowest BCUT2D eigenvalue weighted by Gasteiger charge is -2.42. The van der Waals surface area contributed by atoms with Crippen LogP contribution in [0.5, 0.6) is 0 Å². The minimum absolute atomic E-state index is 0.00812. The number of piperazine rings is 1. The minimum atomic E-state index is -0.466. The van der Waals surface area contributed by atoms with Crippen molar-refractivity contribution in [2.45, 2.75) is 76.3 Å². The van der Waals surface area contributed by atoms with Crippen LogP contribution in [0.3, 0.4) is 0 Å². The maximum Gasteiger partial charge on any atom is 0.410 e. The first-order chi connectivity index (χ1) is 9.37. The van der Waals surface area contributed by atoms with Gasteiger partial charge in [-0.25, -0.2) is 4.79 Å². The largest absolute Gasteiger partial charge is 0.444 e. The van der Waals surface area contributed by atoms with Crippen LogP contribution in [0.2, 0.25) is 0 Å². The maximum atomic E-state index is 12.4. The number of aliphatic hydroxyl groups excluding tert-OH is 1. The maximum absolute atomic E-state index is 12.4. The summed E-state index contributed by atoms with van der Waals surface area (Å²) in [6, 6.07) is 0.311. The second kappa shape index (κ2) is 4.88. The molecule has 0 aromatic heterocycles. The summed E-state index contributed by atoms with van der Waals surface area (Å²) in [7, 11) is 0. The van der Waals surface area contributed by atoms with E-state index in [9.17, 15) is 9.90 Å². The van der Waals surface area contributed by atoms with E-state index in [0.717, 1.165) is 32.2 Å². The van der Waals surface area contributed by atoms with E-state index in [0.29, 0.717) is 5.92 Å². The third-order valence-electron chi connectivity index (χ3n) is 4.63. The molecular weight excluding hydrogens is 256 g/mol. The predicted octanol–water partition coefficient (Wildman–Crippen LogP) is 1.50. The Morgan fingerprint density at radius 1 is 1.30 bits per heavy atom. The SMILES string of the molecule is CC(C)(C)OC(=O)N1[C@@H]2CC[C@H]1[C@@H]([C@@H](O)C1CC1)NC2. The van der Waals surface area contributed by atoms with Crippen molar-refractivity contribution in [2.75, 3.05) is 6.54 Å². The number of hydrogen-bond donors (Lipinski definition) is 2. The van der Waals surface area contributed by atoms with Crippen LogP contribution in [0, 0.1) is 5.92 Å². The van der Waals surface area contributed by atoms with Gasteiger partial charge in [0.2, 0.25) is 0 Å². The molecule has 4 atom stereocenters. The van der Waals surface area contributed by atoms with Gasteiger partial charge in [0, 0.05) is 12.6 Å². The summed E-state index contributed by atoms with van der Waals surface area (Å²) in [5.41, 5.74) is -0.466. The molecule has 2 saturated heterocycles. The molecule has 1 saturated carbocycles. The van der Waals surface area contributed by atoms with Crippen LogP contribution in [-0.4, -0.2) is 52.5 Å². The van der Waals surface area contributed by atoms with Gasteiger partial charge in [-0.05, 0) is 52.4 Å². The summed E-state index contributed by atoms with van der Waals surface area (Å²) in [6.07, 6.45) is 3.64. The highest BCUT2D eigenvalue weighted by atomic mass is 16.6. The Balaban J connectivity index is 1.72. The predicted molar refractivity (Wildman–Crippen MR) is 75.4 cm³/mol. The standard InChI is InChI=1S/C15H26N2O3/c1-15(2,3)20-14(19)17-10-6-7-11(17)12(16-8-10)13(18)9-4-5-9/h9-13,16,18H,4-8H2,1-3H3/t10-,11+,12+,13+/m1/s1. The molecule has 0 unspecified atom stereocenters. The van der Waals surface area contributed by atoms with Crippen LogP contribution in [0.1, 0.15) is 46.5 Å². The van der Waals surface area contributed by atoms with Gasteiger partial charge in [0.15, 0.2) is 0 Å². The van der Waals surface area contributed by atoms with Gasteiger partial charge in [0.25, 0.3) is 0 Å². The zero-order chi connectivity index (χ0) is 14.5. The van der Waals surface area contributed by atoms with E-state index < -0.39 is 5.60 Å². The van der Waals surface area contributed by atoms with E-state index in [1.807, 2.05) is 25.7 Å².